The minimum absolute atomic E-state index is 0.102. The number of pyridine rings is 1. The van der Waals surface area contributed by atoms with E-state index in [1.54, 1.807) is 30.9 Å². The zero-order valence-electron chi connectivity index (χ0n) is 18.8. The van der Waals surface area contributed by atoms with Crippen molar-refractivity contribution in [1.29, 1.82) is 0 Å². The molecule has 0 unspecified atom stereocenters. The first-order valence-electron chi connectivity index (χ1n) is 11.0. The van der Waals surface area contributed by atoms with E-state index in [0.29, 0.717) is 5.69 Å². The van der Waals surface area contributed by atoms with Crippen molar-refractivity contribution >= 4 is 28.5 Å². The van der Waals surface area contributed by atoms with Crippen LogP contribution in [0.25, 0.3) is 22.0 Å². The second kappa shape index (κ2) is 7.68. The van der Waals surface area contributed by atoms with Crippen molar-refractivity contribution in [2.45, 2.75) is 44.1 Å². The van der Waals surface area contributed by atoms with Crippen LogP contribution in [0.4, 0.5) is 13.6 Å². The molecule has 2 aliphatic rings. The number of aromatic nitrogens is 3. The largest absolute Gasteiger partial charge is 0.325 e. The van der Waals surface area contributed by atoms with Crippen LogP contribution in [0.3, 0.4) is 0 Å². The molecule has 0 bridgehead atoms. The Morgan fingerprint density at radius 2 is 1.88 bits per heavy atom. The van der Waals surface area contributed by atoms with E-state index >= 15 is 0 Å². The molecular weight excluding hydrogens is 444 g/mol. The second-order valence-corrected chi connectivity index (χ2v) is 9.01. The van der Waals surface area contributed by atoms with Gasteiger partial charge in [-0.1, -0.05) is 18.2 Å². The average Bonchev–Trinajstić information content (AvgIpc) is 3.23. The Hall–Kier alpha value is -3.69. The number of hydrogen-bond donors (Lipinski definition) is 1. The SMILES string of the molecule is Cc1nc(C(=O)CN2C(=O)NC3(CCC(F)(F)CC3)C2=O)n(C)c1-c1cccc2ccncc12. The molecule has 5 rings (SSSR count). The number of rotatable bonds is 4. The fourth-order valence-corrected chi connectivity index (χ4v) is 5.00. The van der Waals surface area contributed by atoms with Crippen LogP contribution in [0, 0.1) is 6.92 Å². The Morgan fingerprint density at radius 1 is 1.15 bits per heavy atom. The summed E-state index contributed by atoms with van der Waals surface area (Å²) in [6.07, 6.45) is 2.17. The van der Waals surface area contributed by atoms with Gasteiger partial charge in [-0.15, -0.1) is 0 Å². The average molecular weight is 467 g/mol. The summed E-state index contributed by atoms with van der Waals surface area (Å²) < 4.78 is 28.9. The van der Waals surface area contributed by atoms with E-state index in [-0.39, 0.29) is 18.7 Å². The van der Waals surface area contributed by atoms with Gasteiger partial charge in [0.05, 0.1) is 17.9 Å². The van der Waals surface area contributed by atoms with Crippen molar-refractivity contribution < 1.29 is 23.2 Å². The normalized spacial score (nSPS) is 19.1. The summed E-state index contributed by atoms with van der Waals surface area (Å²) in [5, 5.41) is 4.45. The van der Waals surface area contributed by atoms with Gasteiger partial charge in [-0.2, -0.15) is 0 Å². The molecule has 34 heavy (non-hydrogen) atoms. The lowest BCUT2D eigenvalue weighted by molar-refractivity contribution is -0.135. The number of benzene rings is 1. The number of hydrogen-bond acceptors (Lipinski definition) is 5. The minimum Gasteiger partial charge on any atom is -0.324 e. The second-order valence-electron chi connectivity index (χ2n) is 9.01. The molecule has 0 atom stereocenters. The van der Waals surface area contributed by atoms with Gasteiger partial charge in [0.1, 0.15) is 5.54 Å². The fourth-order valence-electron chi connectivity index (χ4n) is 5.00. The first-order chi connectivity index (χ1) is 16.1. The molecular formula is C24H23F2N5O3. The highest BCUT2D eigenvalue weighted by molar-refractivity contribution is 6.11. The van der Waals surface area contributed by atoms with Gasteiger partial charge in [0, 0.05) is 43.2 Å². The van der Waals surface area contributed by atoms with Crippen LogP contribution < -0.4 is 5.32 Å². The van der Waals surface area contributed by atoms with Crippen LogP contribution >= 0.6 is 0 Å². The van der Waals surface area contributed by atoms with Gasteiger partial charge in [0.15, 0.2) is 5.82 Å². The van der Waals surface area contributed by atoms with Crippen molar-refractivity contribution in [1.82, 2.24) is 24.8 Å². The van der Waals surface area contributed by atoms with Crippen LogP contribution in [0.15, 0.2) is 36.7 Å². The molecule has 1 spiro atoms. The monoisotopic (exact) mass is 467 g/mol. The van der Waals surface area contributed by atoms with E-state index in [1.807, 2.05) is 24.3 Å². The summed E-state index contributed by atoms with van der Waals surface area (Å²) in [4.78, 5) is 48.1. The number of amides is 3. The summed E-state index contributed by atoms with van der Waals surface area (Å²) in [5.74, 6) is -3.90. The number of urea groups is 1. The maximum absolute atomic E-state index is 13.6. The topological polar surface area (TPSA) is 97.2 Å². The fraction of sp³-hybridized carbons (Fsp3) is 0.375. The maximum Gasteiger partial charge on any atom is 0.325 e. The minimum atomic E-state index is -2.85. The number of nitrogens with zero attached hydrogens (tertiary/aromatic N) is 4. The van der Waals surface area contributed by atoms with Gasteiger partial charge in [-0.05, 0) is 31.2 Å². The molecule has 3 heterocycles. The van der Waals surface area contributed by atoms with Crippen LogP contribution in [-0.2, 0) is 11.8 Å². The van der Waals surface area contributed by atoms with Gasteiger partial charge < -0.3 is 9.88 Å². The third kappa shape index (κ3) is 3.44. The molecule has 1 aromatic carbocycles. The Bertz CT molecular complexity index is 1330. The van der Waals surface area contributed by atoms with Crippen molar-refractivity contribution in [3.63, 3.8) is 0 Å². The van der Waals surface area contributed by atoms with Crippen LogP contribution in [0.2, 0.25) is 0 Å². The number of fused-ring (bicyclic) bond motifs is 1. The summed E-state index contributed by atoms with van der Waals surface area (Å²) in [6.45, 7) is 1.27. The molecule has 1 aliphatic heterocycles. The van der Waals surface area contributed by atoms with Gasteiger partial charge >= 0.3 is 6.03 Å². The van der Waals surface area contributed by atoms with Gasteiger partial charge in [-0.25, -0.2) is 18.6 Å². The third-order valence-corrected chi connectivity index (χ3v) is 6.84. The van der Waals surface area contributed by atoms with Crippen LogP contribution in [0.5, 0.6) is 0 Å². The van der Waals surface area contributed by atoms with E-state index < -0.39 is 48.6 Å². The van der Waals surface area contributed by atoms with Crippen molar-refractivity contribution in [3.05, 3.63) is 48.2 Å². The third-order valence-electron chi connectivity index (χ3n) is 6.84. The number of Topliss-reactive ketones (excluding diaryl/α,β-unsaturated/α-hetero) is 1. The number of imidazole rings is 1. The molecule has 2 fully saturated rings. The highest BCUT2D eigenvalue weighted by Crippen LogP contribution is 2.41. The van der Waals surface area contributed by atoms with E-state index in [1.165, 1.54) is 0 Å². The predicted molar refractivity (Wildman–Crippen MR) is 119 cm³/mol. The summed E-state index contributed by atoms with van der Waals surface area (Å²) >= 11 is 0. The number of halogens is 2. The number of imide groups is 1. The van der Waals surface area contributed by atoms with Crippen LogP contribution in [0.1, 0.15) is 42.0 Å². The number of aryl methyl sites for hydroxylation is 1. The van der Waals surface area contributed by atoms with E-state index in [2.05, 4.69) is 15.3 Å². The highest BCUT2D eigenvalue weighted by atomic mass is 19.3. The molecule has 1 saturated heterocycles. The molecule has 1 saturated carbocycles. The molecule has 3 aromatic rings. The molecule has 1 N–H and O–H groups in total. The van der Waals surface area contributed by atoms with Crippen molar-refractivity contribution in [2.75, 3.05) is 6.54 Å². The number of carbonyl (C=O) groups is 3. The molecule has 0 radical (unpaired) electrons. The Balaban J connectivity index is 1.42. The predicted octanol–water partition coefficient (Wildman–Crippen LogP) is 3.63. The molecule has 176 valence electrons. The molecule has 2 aromatic heterocycles. The van der Waals surface area contributed by atoms with Crippen LogP contribution in [-0.4, -0.2) is 55.2 Å². The summed E-state index contributed by atoms with van der Waals surface area (Å²) in [6, 6.07) is 6.95. The summed E-state index contributed by atoms with van der Waals surface area (Å²) in [7, 11) is 1.70. The first-order valence-corrected chi connectivity index (χ1v) is 11.0. The zero-order chi connectivity index (χ0) is 24.3. The number of alkyl halides is 2. The number of nitrogens with one attached hydrogen (secondary N) is 1. The summed E-state index contributed by atoms with van der Waals surface area (Å²) in [5.41, 5.74) is 0.835. The van der Waals surface area contributed by atoms with E-state index in [9.17, 15) is 23.2 Å². The standard InChI is InChI=1S/C24H23F2N5O3/c1-14-19(16-5-3-4-15-6-11-27-12-17(15)16)30(2)20(28-14)18(32)13-31-21(33)23(29-22(31)34)7-9-24(25,26)10-8-23/h3-6,11-12H,7-10,13H2,1-2H3,(H,29,34). The smallest absolute Gasteiger partial charge is 0.324 e. The highest BCUT2D eigenvalue weighted by Gasteiger charge is 2.55. The Morgan fingerprint density at radius 3 is 2.62 bits per heavy atom. The Kier molecular flexibility index (Phi) is 5.00. The van der Waals surface area contributed by atoms with E-state index in [0.717, 1.165) is 26.9 Å². The zero-order valence-corrected chi connectivity index (χ0v) is 18.8. The number of carbonyl (C=O) groups excluding carboxylic acids is 3. The van der Waals surface area contributed by atoms with Gasteiger partial charge in [-0.3, -0.25) is 19.5 Å². The first kappa shape index (κ1) is 22.1. The molecule has 3 amide bonds. The van der Waals surface area contributed by atoms with Crippen molar-refractivity contribution in [3.8, 4) is 11.3 Å². The van der Waals surface area contributed by atoms with Crippen molar-refractivity contribution in [2.24, 2.45) is 7.05 Å². The lowest BCUT2D eigenvalue weighted by Crippen LogP contribution is -2.51. The molecule has 1 aliphatic carbocycles. The lowest BCUT2D eigenvalue weighted by Gasteiger charge is -2.34. The maximum atomic E-state index is 13.6. The lowest BCUT2D eigenvalue weighted by atomic mass is 9.80. The Labute approximate surface area is 194 Å². The van der Waals surface area contributed by atoms with Gasteiger partial charge in [0.2, 0.25) is 11.7 Å². The van der Waals surface area contributed by atoms with E-state index in [4.69, 9.17) is 0 Å². The quantitative estimate of drug-likeness (QED) is 0.467. The molecule has 10 heteroatoms. The van der Waals surface area contributed by atoms with Gasteiger partial charge in [0.25, 0.3) is 5.91 Å². The number of ketones is 1. The molecule has 8 nitrogen and oxygen atoms in total.